The highest BCUT2D eigenvalue weighted by Crippen LogP contribution is 2.39. The van der Waals surface area contributed by atoms with Crippen molar-refractivity contribution in [2.24, 2.45) is 17.8 Å². The summed E-state index contributed by atoms with van der Waals surface area (Å²) in [5, 5.41) is 12.2. The number of nitrogens with zero attached hydrogens (tertiary/aromatic N) is 2. The predicted octanol–water partition coefficient (Wildman–Crippen LogP) is 4.40. The molecule has 4 rings (SSSR count). The zero-order chi connectivity index (χ0) is 19.7. The zero-order valence-electron chi connectivity index (χ0n) is 16.0. The van der Waals surface area contributed by atoms with Crippen molar-refractivity contribution in [3.63, 3.8) is 0 Å². The standard InChI is InChI=1S/C23H23N3O2/c1-14-11-21-22(28-23(27)26-21)19(15(14)2)10-9-18-8-7-17(13-25-18)20-6-4-3-5-16(20)12-24/h3-10,13-15,19,21-22H,11H2,1-2H3,(H,26,27)/t14-,15+,19-,21-,22+/m0/s1. The first-order chi connectivity index (χ1) is 13.6. The number of benzene rings is 1. The van der Waals surface area contributed by atoms with E-state index in [1.807, 2.05) is 42.5 Å². The van der Waals surface area contributed by atoms with Gasteiger partial charge in [-0.3, -0.25) is 4.98 Å². The van der Waals surface area contributed by atoms with Crippen molar-refractivity contribution in [2.45, 2.75) is 32.4 Å². The SMILES string of the molecule is C[C@H]1[C@H](C=Cc2ccc(-c3ccccc3C#N)cn2)[C@H]2OC(=O)N[C@H]2C[C@@H]1C. The van der Waals surface area contributed by atoms with Crippen molar-refractivity contribution >= 4 is 12.2 Å². The molecule has 2 heterocycles. The molecule has 0 unspecified atom stereocenters. The Balaban J connectivity index is 1.54. The number of hydrogen-bond acceptors (Lipinski definition) is 4. The van der Waals surface area contributed by atoms with E-state index in [1.54, 1.807) is 6.20 Å². The number of aromatic nitrogens is 1. The molecule has 2 aromatic rings. The van der Waals surface area contributed by atoms with E-state index in [4.69, 9.17) is 4.74 Å². The van der Waals surface area contributed by atoms with Crippen molar-refractivity contribution < 1.29 is 9.53 Å². The lowest BCUT2D eigenvalue weighted by molar-refractivity contribution is 0.0415. The quantitative estimate of drug-likeness (QED) is 0.865. The monoisotopic (exact) mass is 373 g/mol. The second-order valence-electron chi connectivity index (χ2n) is 7.76. The lowest BCUT2D eigenvalue weighted by Crippen LogP contribution is -2.46. The molecule has 1 amide bonds. The average Bonchev–Trinajstić information content (AvgIpc) is 3.08. The molecule has 1 saturated heterocycles. The van der Waals surface area contributed by atoms with Crippen molar-refractivity contribution in [1.29, 1.82) is 5.26 Å². The lowest BCUT2D eigenvalue weighted by Gasteiger charge is -2.38. The summed E-state index contributed by atoms with van der Waals surface area (Å²) in [5.41, 5.74) is 3.29. The Morgan fingerprint density at radius 3 is 2.82 bits per heavy atom. The molecule has 2 aliphatic rings. The molecular weight excluding hydrogens is 350 g/mol. The van der Waals surface area contributed by atoms with Gasteiger partial charge in [-0.25, -0.2) is 4.79 Å². The van der Waals surface area contributed by atoms with Crippen LogP contribution in [-0.4, -0.2) is 23.2 Å². The summed E-state index contributed by atoms with van der Waals surface area (Å²) >= 11 is 0. The molecule has 1 N–H and O–H groups in total. The van der Waals surface area contributed by atoms with E-state index in [1.165, 1.54) is 0 Å². The third-order valence-electron chi connectivity index (χ3n) is 6.09. The van der Waals surface area contributed by atoms with Crippen LogP contribution in [-0.2, 0) is 4.74 Å². The number of rotatable bonds is 3. The van der Waals surface area contributed by atoms with E-state index in [0.29, 0.717) is 17.4 Å². The number of amides is 1. The molecule has 1 aliphatic heterocycles. The summed E-state index contributed by atoms with van der Waals surface area (Å²) in [6.45, 7) is 4.45. The van der Waals surface area contributed by atoms with Crippen LogP contribution >= 0.6 is 0 Å². The van der Waals surface area contributed by atoms with Gasteiger partial charge in [0.05, 0.1) is 23.4 Å². The van der Waals surface area contributed by atoms with E-state index in [2.05, 4.69) is 36.3 Å². The number of fused-ring (bicyclic) bond motifs is 1. The molecule has 1 aromatic heterocycles. The van der Waals surface area contributed by atoms with Gasteiger partial charge in [0.25, 0.3) is 0 Å². The number of pyridine rings is 1. The van der Waals surface area contributed by atoms with Gasteiger partial charge in [0.1, 0.15) is 6.10 Å². The van der Waals surface area contributed by atoms with Gasteiger partial charge in [0.15, 0.2) is 0 Å². The molecule has 28 heavy (non-hydrogen) atoms. The third-order valence-corrected chi connectivity index (χ3v) is 6.09. The first-order valence-corrected chi connectivity index (χ1v) is 9.67. The van der Waals surface area contributed by atoms with Crippen molar-refractivity contribution in [2.75, 3.05) is 0 Å². The fourth-order valence-electron chi connectivity index (χ4n) is 4.30. The number of nitriles is 1. The van der Waals surface area contributed by atoms with Crippen LogP contribution in [0, 0.1) is 29.1 Å². The van der Waals surface area contributed by atoms with Crippen LogP contribution in [0.4, 0.5) is 4.79 Å². The maximum absolute atomic E-state index is 11.7. The van der Waals surface area contributed by atoms with E-state index in [-0.39, 0.29) is 24.2 Å². The summed E-state index contributed by atoms with van der Waals surface area (Å²) < 4.78 is 5.54. The van der Waals surface area contributed by atoms with E-state index in [0.717, 1.165) is 23.2 Å². The lowest BCUT2D eigenvalue weighted by atomic mass is 9.70. The van der Waals surface area contributed by atoms with Gasteiger partial charge in [-0.1, -0.05) is 44.2 Å². The number of alkyl carbamates (subject to hydrolysis) is 1. The minimum absolute atomic E-state index is 0.0890. The fraction of sp³-hybridized carbons (Fsp3) is 0.348. The first kappa shape index (κ1) is 18.2. The van der Waals surface area contributed by atoms with E-state index < -0.39 is 0 Å². The number of carbonyl (C=O) groups is 1. The average molecular weight is 373 g/mol. The molecule has 0 spiro atoms. The van der Waals surface area contributed by atoms with Crippen molar-refractivity contribution in [3.8, 4) is 17.2 Å². The van der Waals surface area contributed by atoms with Crippen LogP contribution in [0.25, 0.3) is 17.2 Å². The smallest absolute Gasteiger partial charge is 0.407 e. The Bertz CT molecular complexity index is 945. The van der Waals surface area contributed by atoms with Gasteiger partial charge in [-0.2, -0.15) is 5.26 Å². The number of ether oxygens (including phenoxy) is 1. The van der Waals surface area contributed by atoms with Gasteiger partial charge < -0.3 is 10.1 Å². The maximum atomic E-state index is 11.7. The molecule has 5 nitrogen and oxygen atoms in total. The summed E-state index contributed by atoms with van der Waals surface area (Å²) in [7, 11) is 0. The second kappa shape index (κ2) is 7.47. The Labute approximate surface area is 165 Å². The van der Waals surface area contributed by atoms with Crippen LogP contribution in [0.3, 0.4) is 0 Å². The Morgan fingerprint density at radius 2 is 2.07 bits per heavy atom. The Kier molecular flexibility index (Phi) is 4.87. The van der Waals surface area contributed by atoms with Crippen LogP contribution in [0.5, 0.6) is 0 Å². The number of nitrogens with one attached hydrogen (secondary N) is 1. The topological polar surface area (TPSA) is 75.0 Å². The molecule has 142 valence electrons. The Hall–Kier alpha value is -3.13. The maximum Gasteiger partial charge on any atom is 0.407 e. The summed E-state index contributed by atoms with van der Waals surface area (Å²) in [6, 6.07) is 13.8. The van der Waals surface area contributed by atoms with Crippen LogP contribution in [0.2, 0.25) is 0 Å². The van der Waals surface area contributed by atoms with Crippen LogP contribution in [0.15, 0.2) is 48.7 Å². The molecule has 1 saturated carbocycles. The van der Waals surface area contributed by atoms with E-state index >= 15 is 0 Å². The van der Waals surface area contributed by atoms with Gasteiger partial charge in [0.2, 0.25) is 0 Å². The summed E-state index contributed by atoms with van der Waals surface area (Å²) in [4.78, 5) is 16.2. The first-order valence-electron chi connectivity index (χ1n) is 9.67. The second-order valence-corrected chi connectivity index (χ2v) is 7.76. The number of carbonyl (C=O) groups excluding carboxylic acids is 1. The summed E-state index contributed by atoms with van der Waals surface area (Å²) in [5.74, 6) is 1.09. The van der Waals surface area contributed by atoms with Gasteiger partial charge in [-0.15, -0.1) is 0 Å². The number of hydrogen-bond donors (Lipinski definition) is 1. The highest BCUT2D eigenvalue weighted by molar-refractivity contribution is 5.71. The molecule has 0 radical (unpaired) electrons. The zero-order valence-corrected chi connectivity index (χ0v) is 16.0. The normalized spacial score (nSPS) is 29.0. The third kappa shape index (κ3) is 3.38. The molecule has 2 fully saturated rings. The molecule has 5 heteroatoms. The van der Waals surface area contributed by atoms with Gasteiger partial charge >= 0.3 is 6.09 Å². The minimum Gasteiger partial charge on any atom is -0.443 e. The highest BCUT2D eigenvalue weighted by Gasteiger charge is 2.46. The molecule has 1 aromatic carbocycles. The molecular formula is C23H23N3O2. The van der Waals surface area contributed by atoms with Gasteiger partial charge in [0, 0.05) is 23.2 Å². The van der Waals surface area contributed by atoms with Crippen LogP contribution < -0.4 is 5.32 Å². The molecule has 1 aliphatic carbocycles. The highest BCUT2D eigenvalue weighted by atomic mass is 16.6. The summed E-state index contributed by atoms with van der Waals surface area (Å²) in [6.07, 6.45) is 6.45. The van der Waals surface area contributed by atoms with Crippen molar-refractivity contribution in [1.82, 2.24) is 10.3 Å². The largest absolute Gasteiger partial charge is 0.443 e. The van der Waals surface area contributed by atoms with E-state index in [9.17, 15) is 10.1 Å². The predicted molar refractivity (Wildman–Crippen MR) is 107 cm³/mol. The minimum atomic E-state index is -0.312. The fourth-order valence-corrected chi connectivity index (χ4v) is 4.30. The van der Waals surface area contributed by atoms with Crippen molar-refractivity contribution in [3.05, 3.63) is 59.9 Å². The Morgan fingerprint density at radius 1 is 1.25 bits per heavy atom. The van der Waals surface area contributed by atoms with Gasteiger partial charge in [-0.05, 0) is 36.5 Å². The molecule has 0 bridgehead atoms. The molecule has 5 atom stereocenters. The van der Waals surface area contributed by atoms with Crippen LogP contribution in [0.1, 0.15) is 31.5 Å².